The normalized spacial score (nSPS) is 12.4. The van der Waals surface area contributed by atoms with Gasteiger partial charge in [-0.15, -0.1) is 0 Å². The van der Waals surface area contributed by atoms with Crippen molar-refractivity contribution in [2.45, 2.75) is 19.4 Å². The number of H-pyrrole nitrogens is 1. The SMILES string of the molecule is COc1ccc(C(C)NCCc2ncc[nH]2)cc1Br. The first-order valence-corrected chi connectivity index (χ1v) is 7.05. The molecule has 0 aliphatic rings. The number of ether oxygens (including phenoxy) is 1. The van der Waals surface area contributed by atoms with E-state index in [0.717, 1.165) is 29.0 Å². The lowest BCUT2D eigenvalue weighted by atomic mass is 10.1. The van der Waals surface area contributed by atoms with E-state index in [9.17, 15) is 0 Å². The highest BCUT2D eigenvalue weighted by molar-refractivity contribution is 9.10. The van der Waals surface area contributed by atoms with Crippen LogP contribution in [0.3, 0.4) is 0 Å². The zero-order valence-electron chi connectivity index (χ0n) is 11.1. The van der Waals surface area contributed by atoms with Crippen molar-refractivity contribution in [1.82, 2.24) is 15.3 Å². The highest BCUT2D eigenvalue weighted by atomic mass is 79.9. The van der Waals surface area contributed by atoms with E-state index < -0.39 is 0 Å². The summed E-state index contributed by atoms with van der Waals surface area (Å²) in [6.07, 6.45) is 4.52. The van der Waals surface area contributed by atoms with E-state index in [0.29, 0.717) is 0 Å². The van der Waals surface area contributed by atoms with Crippen molar-refractivity contribution in [2.24, 2.45) is 0 Å². The van der Waals surface area contributed by atoms with Gasteiger partial charge in [-0.3, -0.25) is 0 Å². The molecule has 5 heteroatoms. The van der Waals surface area contributed by atoms with Gasteiger partial charge in [-0.05, 0) is 40.5 Å². The number of hydrogen-bond acceptors (Lipinski definition) is 3. The van der Waals surface area contributed by atoms with Crippen molar-refractivity contribution in [3.8, 4) is 5.75 Å². The third-order valence-electron chi connectivity index (χ3n) is 3.04. The summed E-state index contributed by atoms with van der Waals surface area (Å²) in [7, 11) is 1.67. The first-order chi connectivity index (χ1) is 9.20. The first-order valence-electron chi connectivity index (χ1n) is 6.26. The van der Waals surface area contributed by atoms with E-state index >= 15 is 0 Å². The van der Waals surface area contributed by atoms with Gasteiger partial charge in [0.2, 0.25) is 0 Å². The Kier molecular flexibility index (Phi) is 4.99. The van der Waals surface area contributed by atoms with Crippen LogP contribution >= 0.6 is 15.9 Å². The molecule has 19 heavy (non-hydrogen) atoms. The van der Waals surface area contributed by atoms with Crippen LogP contribution in [0.15, 0.2) is 35.1 Å². The molecule has 0 aliphatic heterocycles. The number of aromatic amines is 1. The Balaban J connectivity index is 1.88. The fourth-order valence-electron chi connectivity index (χ4n) is 1.91. The highest BCUT2D eigenvalue weighted by Gasteiger charge is 2.08. The molecule has 2 N–H and O–H groups in total. The van der Waals surface area contributed by atoms with Gasteiger partial charge < -0.3 is 15.0 Å². The zero-order valence-corrected chi connectivity index (χ0v) is 12.7. The van der Waals surface area contributed by atoms with Crippen LogP contribution in [0.2, 0.25) is 0 Å². The summed E-state index contributed by atoms with van der Waals surface area (Å²) < 4.78 is 6.21. The molecule has 0 bridgehead atoms. The average Bonchev–Trinajstić information content (AvgIpc) is 2.91. The van der Waals surface area contributed by atoms with Gasteiger partial charge in [-0.1, -0.05) is 6.07 Å². The summed E-state index contributed by atoms with van der Waals surface area (Å²) in [6.45, 7) is 3.04. The molecule has 0 radical (unpaired) electrons. The summed E-state index contributed by atoms with van der Waals surface area (Å²) in [5.41, 5.74) is 1.23. The topological polar surface area (TPSA) is 49.9 Å². The third kappa shape index (κ3) is 3.81. The van der Waals surface area contributed by atoms with Crippen molar-refractivity contribution < 1.29 is 4.74 Å². The fraction of sp³-hybridized carbons (Fsp3) is 0.357. The molecule has 1 heterocycles. The second-order valence-electron chi connectivity index (χ2n) is 4.36. The number of hydrogen-bond donors (Lipinski definition) is 2. The van der Waals surface area contributed by atoms with E-state index in [4.69, 9.17) is 4.74 Å². The van der Waals surface area contributed by atoms with Gasteiger partial charge >= 0.3 is 0 Å². The maximum absolute atomic E-state index is 5.23. The maximum atomic E-state index is 5.23. The summed E-state index contributed by atoms with van der Waals surface area (Å²) in [4.78, 5) is 7.30. The molecule has 0 spiro atoms. The number of aromatic nitrogens is 2. The number of rotatable bonds is 6. The number of nitrogens with one attached hydrogen (secondary N) is 2. The van der Waals surface area contributed by atoms with Crippen molar-refractivity contribution in [2.75, 3.05) is 13.7 Å². The predicted octanol–water partition coefficient (Wildman–Crippen LogP) is 3.07. The van der Waals surface area contributed by atoms with Crippen LogP contribution in [-0.4, -0.2) is 23.6 Å². The van der Waals surface area contributed by atoms with Crippen molar-refractivity contribution >= 4 is 15.9 Å². The van der Waals surface area contributed by atoms with Gasteiger partial charge in [0.05, 0.1) is 11.6 Å². The second kappa shape index (κ2) is 6.73. The monoisotopic (exact) mass is 323 g/mol. The molecule has 0 fully saturated rings. The molecule has 0 saturated heterocycles. The average molecular weight is 324 g/mol. The Labute approximate surface area is 121 Å². The Bertz CT molecular complexity index is 513. The van der Waals surface area contributed by atoms with Crippen LogP contribution in [-0.2, 0) is 6.42 Å². The van der Waals surface area contributed by atoms with Crippen LogP contribution in [0.25, 0.3) is 0 Å². The zero-order chi connectivity index (χ0) is 13.7. The smallest absolute Gasteiger partial charge is 0.133 e. The van der Waals surface area contributed by atoms with E-state index in [2.05, 4.69) is 50.3 Å². The molecule has 102 valence electrons. The third-order valence-corrected chi connectivity index (χ3v) is 3.66. The number of imidazole rings is 1. The summed E-state index contributed by atoms with van der Waals surface area (Å²) in [5, 5.41) is 3.48. The molecule has 1 aromatic heterocycles. The van der Waals surface area contributed by atoms with Crippen LogP contribution in [0.5, 0.6) is 5.75 Å². The van der Waals surface area contributed by atoms with Gasteiger partial charge in [-0.25, -0.2) is 4.98 Å². The minimum Gasteiger partial charge on any atom is -0.496 e. The van der Waals surface area contributed by atoms with Gasteiger partial charge in [0.25, 0.3) is 0 Å². The molecular weight excluding hydrogens is 306 g/mol. The summed E-state index contributed by atoms with van der Waals surface area (Å²) in [5.74, 6) is 1.86. The molecular formula is C14H18BrN3O. The minimum atomic E-state index is 0.289. The Hall–Kier alpha value is -1.33. The van der Waals surface area contributed by atoms with Crippen molar-refractivity contribution in [3.63, 3.8) is 0 Å². The van der Waals surface area contributed by atoms with E-state index in [1.54, 1.807) is 13.3 Å². The highest BCUT2D eigenvalue weighted by Crippen LogP contribution is 2.27. The molecule has 1 unspecified atom stereocenters. The van der Waals surface area contributed by atoms with Crippen LogP contribution < -0.4 is 10.1 Å². The summed E-state index contributed by atoms with van der Waals surface area (Å²) in [6, 6.07) is 6.43. The maximum Gasteiger partial charge on any atom is 0.133 e. The first kappa shape index (κ1) is 14.1. The largest absolute Gasteiger partial charge is 0.496 e. The Morgan fingerprint density at radius 2 is 2.32 bits per heavy atom. The molecule has 2 aromatic rings. The second-order valence-corrected chi connectivity index (χ2v) is 5.21. The standard InChI is InChI=1S/C14H18BrN3O/c1-10(16-6-5-14-17-7-8-18-14)11-3-4-13(19-2)12(15)9-11/h3-4,7-10,16H,5-6H2,1-2H3,(H,17,18). The lowest BCUT2D eigenvalue weighted by molar-refractivity contribution is 0.411. The van der Waals surface area contributed by atoms with Crippen molar-refractivity contribution in [3.05, 3.63) is 46.5 Å². The molecule has 0 aliphatic carbocycles. The molecule has 0 saturated carbocycles. The molecule has 2 rings (SSSR count). The van der Waals surface area contributed by atoms with E-state index in [-0.39, 0.29) is 6.04 Å². The number of nitrogens with zero attached hydrogens (tertiary/aromatic N) is 1. The van der Waals surface area contributed by atoms with Crippen LogP contribution in [0.4, 0.5) is 0 Å². The van der Waals surface area contributed by atoms with Gasteiger partial charge in [0, 0.05) is 31.4 Å². The lowest BCUT2D eigenvalue weighted by Crippen LogP contribution is -2.21. The predicted molar refractivity (Wildman–Crippen MR) is 79.4 cm³/mol. The quantitative estimate of drug-likeness (QED) is 0.858. The van der Waals surface area contributed by atoms with Crippen LogP contribution in [0, 0.1) is 0 Å². The minimum absolute atomic E-state index is 0.289. The molecule has 1 aromatic carbocycles. The Morgan fingerprint density at radius 3 is 2.95 bits per heavy atom. The van der Waals surface area contributed by atoms with E-state index in [1.807, 2.05) is 12.3 Å². The molecule has 4 nitrogen and oxygen atoms in total. The number of halogens is 1. The van der Waals surface area contributed by atoms with Gasteiger partial charge in [-0.2, -0.15) is 0 Å². The van der Waals surface area contributed by atoms with Crippen LogP contribution in [0.1, 0.15) is 24.4 Å². The van der Waals surface area contributed by atoms with Gasteiger partial charge in [0.1, 0.15) is 11.6 Å². The lowest BCUT2D eigenvalue weighted by Gasteiger charge is -2.15. The molecule has 1 atom stereocenters. The molecule has 0 amide bonds. The van der Waals surface area contributed by atoms with E-state index in [1.165, 1.54) is 5.56 Å². The van der Waals surface area contributed by atoms with Crippen molar-refractivity contribution in [1.29, 1.82) is 0 Å². The summed E-state index contributed by atoms with van der Waals surface area (Å²) >= 11 is 3.51. The fourth-order valence-corrected chi connectivity index (χ4v) is 2.47. The number of methoxy groups -OCH3 is 1. The number of benzene rings is 1. The van der Waals surface area contributed by atoms with Gasteiger partial charge in [0.15, 0.2) is 0 Å². The Morgan fingerprint density at radius 1 is 1.47 bits per heavy atom.